The molecule has 0 unspecified atom stereocenters. The van der Waals surface area contributed by atoms with E-state index in [-0.39, 0.29) is 24.5 Å². The van der Waals surface area contributed by atoms with Gasteiger partial charge in [-0.2, -0.15) is 0 Å². The molecule has 4 N–H and O–H groups in total. The van der Waals surface area contributed by atoms with Gasteiger partial charge in [-0.25, -0.2) is 0 Å². The number of carbonyl (C=O) groups excluding carboxylic acids is 1. The quantitative estimate of drug-likeness (QED) is 0.643. The predicted octanol–water partition coefficient (Wildman–Crippen LogP) is 0.536. The number of nitrogen functional groups attached to an aromatic ring is 1. The number of ether oxygens (including phenoxy) is 1. The van der Waals surface area contributed by atoms with Crippen LogP contribution >= 0.6 is 0 Å². The molecular weight excluding hydrogens is 232 g/mol. The van der Waals surface area contributed by atoms with Crippen molar-refractivity contribution >= 4 is 11.6 Å². The molecule has 2 rings (SSSR count). The van der Waals surface area contributed by atoms with Crippen LogP contribution in [0.1, 0.15) is 12.8 Å². The molecular formula is C13H18N2O3. The summed E-state index contributed by atoms with van der Waals surface area (Å²) in [6.45, 7) is 0.608. The van der Waals surface area contributed by atoms with Gasteiger partial charge in [0, 0.05) is 23.7 Å². The van der Waals surface area contributed by atoms with Crippen molar-refractivity contribution in [3.05, 3.63) is 24.3 Å². The lowest BCUT2D eigenvalue weighted by molar-refractivity contribution is -0.123. The van der Waals surface area contributed by atoms with Crippen molar-refractivity contribution in [1.29, 1.82) is 0 Å². The Morgan fingerprint density at radius 1 is 1.50 bits per heavy atom. The summed E-state index contributed by atoms with van der Waals surface area (Å²) in [7, 11) is 0. The van der Waals surface area contributed by atoms with Gasteiger partial charge >= 0.3 is 0 Å². The Balaban J connectivity index is 1.72. The number of hydrogen-bond acceptors (Lipinski definition) is 4. The average Bonchev–Trinajstić information content (AvgIpc) is 3.15. The summed E-state index contributed by atoms with van der Waals surface area (Å²) in [4.78, 5) is 11.5. The molecule has 0 aromatic heterocycles. The lowest BCUT2D eigenvalue weighted by atomic mass is 10.1. The Bertz CT molecular complexity index is 430. The lowest BCUT2D eigenvalue weighted by Gasteiger charge is -2.13. The number of amides is 1. The molecule has 1 amide bonds. The highest BCUT2D eigenvalue weighted by molar-refractivity contribution is 5.77. The Morgan fingerprint density at radius 2 is 2.28 bits per heavy atom. The maximum atomic E-state index is 11.5. The number of rotatable bonds is 6. The van der Waals surface area contributed by atoms with Crippen molar-refractivity contribution in [2.75, 3.05) is 25.5 Å². The molecule has 1 saturated carbocycles. The molecule has 0 saturated heterocycles. The molecule has 0 spiro atoms. The third-order valence-corrected chi connectivity index (χ3v) is 3.18. The molecule has 98 valence electrons. The fourth-order valence-electron chi connectivity index (χ4n) is 1.66. The van der Waals surface area contributed by atoms with Crippen molar-refractivity contribution in [3.8, 4) is 5.75 Å². The molecule has 1 aliphatic rings. The van der Waals surface area contributed by atoms with E-state index in [9.17, 15) is 4.79 Å². The van der Waals surface area contributed by atoms with Crippen LogP contribution in [-0.4, -0.2) is 30.8 Å². The monoisotopic (exact) mass is 250 g/mol. The zero-order valence-electron chi connectivity index (χ0n) is 10.2. The molecule has 18 heavy (non-hydrogen) atoms. The van der Waals surface area contributed by atoms with Gasteiger partial charge in [-0.15, -0.1) is 0 Å². The van der Waals surface area contributed by atoms with Gasteiger partial charge in [0.15, 0.2) is 6.61 Å². The third-order valence-electron chi connectivity index (χ3n) is 3.18. The second kappa shape index (κ2) is 5.27. The molecule has 0 atom stereocenters. The van der Waals surface area contributed by atoms with Gasteiger partial charge in [0.05, 0.1) is 6.61 Å². The maximum Gasteiger partial charge on any atom is 0.257 e. The van der Waals surface area contributed by atoms with Crippen molar-refractivity contribution < 1.29 is 14.6 Å². The first kappa shape index (κ1) is 12.7. The molecule has 1 aromatic carbocycles. The smallest absolute Gasteiger partial charge is 0.257 e. The van der Waals surface area contributed by atoms with Crippen LogP contribution in [0, 0.1) is 5.41 Å². The molecule has 0 radical (unpaired) electrons. The Kier molecular flexibility index (Phi) is 3.72. The highest BCUT2D eigenvalue weighted by Crippen LogP contribution is 2.44. The van der Waals surface area contributed by atoms with E-state index in [1.807, 2.05) is 0 Å². The summed E-state index contributed by atoms with van der Waals surface area (Å²) < 4.78 is 5.31. The SMILES string of the molecule is Nc1cccc(OCC(=O)NCC2(CO)CC2)c1. The van der Waals surface area contributed by atoms with E-state index < -0.39 is 0 Å². The van der Waals surface area contributed by atoms with Crippen LogP contribution in [0.3, 0.4) is 0 Å². The summed E-state index contributed by atoms with van der Waals surface area (Å²) in [5.41, 5.74) is 6.12. The standard InChI is InChI=1S/C13H18N2O3/c14-10-2-1-3-11(6-10)18-7-12(17)15-8-13(9-16)4-5-13/h1-3,6,16H,4-5,7-9,14H2,(H,15,17). The fraction of sp³-hybridized carbons (Fsp3) is 0.462. The van der Waals surface area contributed by atoms with Crippen LogP contribution in [0.15, 0.2) is 24.3 Å². The van der Waals surface area contributed by atoms with Gasteiger partial charge in [-0.1, -0.05) is 6.07 Å². The fourth-order valence-corrected chi connectivity index (χ4v) is 1.66. The summed E-state index contributed by atoms with van der Waals surface area (Å²) in [5, 5.41) is 11.9. The van der Waals surface area contributed by atoms with Crippen molar-refractivity contribution in [1.82, 2.24) is 5.32 Å². The summed E-state index contributed by atoms with van der Waals surface area (Å²) in [6.07, 6.45) is 1.94. The van der Waals surface area contributed by atoms with E-state index in [0.29, 0.717) is 18.0 Å². The molecule has 5 heteroatoms. The average molecular weight is 250 g/mol. The van der Waals surface area contributed by atoms with Crippen molar-refractivity contribution in [3.63, 3.8) is 0 Å². The maximum absolute atomic E-state index is 11.5. The first-order valence-electron chi connectivity index (χ1n) is 5.99. The highest BCUT2D eigenvalue weighted by Gasteiger charge is 2.41. The van der Waals surface area contributed by atoms with Crippen LogP contribution in [-0.2, 0) is 4.79 Å². The van der Waals surface area contributed by atoms with Crippen molar-refractivity contribution in [2.24, 2.45) is 5.41 Å². The number of aliphatic hydroxyl groups excluding tert-OH is 1. The second-order valence-corrected chi connectivity index (χ2v) is 4.80. The molecule has 1 aromatic rings. The highest BCUT2D eigenvalue weighted by atomic mass is 16.5. The summed E-state index contributed by atoms with van der Waals surface area (Å²) >= 11 is 0. The molecule has 1 fully saturated rings. The van der Waals surface area contributed by atoms with Gasteiger partial charge in [0.1, 0.15) is 5.75 Å². The first-order chi connectivity index (χ1) is 8.63. The Morgan fingerprint density at radius 3 is 2.89 bits per heavy atom. The van der Waals surface area contributed by atoms with Crippen LogP contribution in [0.4, 0.5) is 5.69 Å². The number of anilines is 1. The first-order valence-corrected chi connectivity index (χ1v) is 5.99. The molecule has 5 nitrogen and oxygen atoms in total. The molecule has 0 bridgehead atoms. The van der Waals surface area contributed by atoms with Gasteiger partial charge < -0.3 is 20.9 Å². The Hall–Kier alpha value is -1.75. The number of nitrogens with two attached hydrogens (primary N) is 1. The third kappa shape index (κ3) is 3.37. The minimum Gasteiger partial charge on any atom is -0.484 e. The zero-order valence-corrected chi connectivity index (χ0v) is 10.2. The van der Waals surface area contributed by atoms with E-state index in [2.05, 4.69) is 5.32 Å². The number of nitrogens with one attached hydrogen (secondary N) is 1. The second-order valence-electron chi connectivity index (χ2n) is 4.80. The Labute approximate surface area is 106 Å². The van der Waals surface area contributed by atoms with Gasteiger partial charge in [-0.3, -0.25) is 4.79 Å². The predicted molar refractivity (Wildman–Crippen MR) is 68.1 cm³/mol. The van der Waals surface area contributed by atoms with Crippen molar-refractivity contribution in [2.45, 2.75) is 12.8 Å². The normalized spacial score (nSPS) is 16.1. The van der Waals surface area contributed by atoms with Crippen LogP contribution in [0.25, 0.3) is 0 Å². The largest absolute Gasteiger partial charge is 0.484 e. The van der Waals surface area contributed by atoms with Crippen LogP contribution in [0.2, 0.25) is 0 Å². The van der Waals surface area contributed by atoms with Gasteiger partial charge in [0.2, 0.25) is 0 Å². The topological polar surface area (TPSA) is 84.6 Å². The molecule has 0 aliphatic heterocycles. The minimum atomic E-state index is -0.183. The number of hydrogen-bond donors (Lipinski definition) is 3. The minimum absolute atomic E-state index is 0.0367. The van der Waals surface area contributed by atoms with Gasteiger partial charge in [-0.05, 0) is 25.0 Å². The van der Waals surface area contributed by atoms with E-state index >= 15 is 0 Å². The zero-order chi connectivity index (χ0) is 13.0. The number of aliphatic hydroxyl groups is 1. The lowest BCUT2D eigenvalue weighted by Crippen LogP contribution is -2.35. The van der Waals surface area contributed by atoms with Crippen LogP contribution < -0.4 is 15.8 Å². The van der Waals surface area contributed by atoms with E-state index in [1.165, 1.54) is 0 Å². The number of benzene rings is 1. The van der Waals surface area contributed by atoms with E-state index in [4.69, 9.17) is 15.6 Å². The van der Waals surface area contributed by atoms with Gasteiger partial charge in [0.25, 0.3) is 5.91 Å². The van der Waals surface area contributed by atoms with Crippen LogP contribution in [0.5, 0.6) is 5.75 Å². The molecule has 0 heterocycles. The summed E-state index contributed by atoms with van der Waals surface area (Å²) in [6, 6.07) is 6.95. The molecule has 1 aliphatic carbocycles. The van der Waals surface area contributed by atoms with E-state index in [1.54, 1.807) is 24.3 Å². The van der Waals surface area contributed by atoms with E-state index in [0.717, 1.165) is 12.8 Å². The summed E-state index contributed by atoms with van der Waals surface area (Å²) in [5.74, 6) is 0.394. The number of carbonyl (C=O) groups is 1.